The van der Waals surface area contributed by atoms with Crippen molar-refractivity contribution in [2.24, 2.45) is 5.73 Å². The predicted molar refractivity (Wildman–Crippen MR) is 110 cm³/mol. The number of aromatic nitrogens is 2. The molecule has 8 heteroatoms. The lowest BCUT2D eigenvalue weighted by atomic mass is 9.97. The molecule has 6 nitrogen and oxygen atoms in total. The number of hydrogen-bond donors (Lipinski definition) is 2. The number of carbonyl (C=O) groups excluding carboxylic acids is 2. The van der Waals surface area contributed by atoms with E-state index in [2.05, 4.69) is 15.3 Å². The van der Waals surface area contributed by atoms with E-state index in [1.54, 1.807) is 13.0 Å². The number of rotatable bonds is 9. The van der Waals surface area contributed by atoms with E-state index in [1.165, 1.54) is 18.5 Å². The van der Waals surface area contributed by atoms with Gasteiger partial charge in [0.25, 0.3) is 0 Å². The Morgan fingerprint density at radius 3 is 2.54 bits per heavy atom. The molecule has 0 saturated carbocycles. The molecule has 1 aromatic carbocycles. The Balaban J connectivity index is 0.00000420. The van der Waals surface area contributed by atoms with Crippen LogP contribution in [0, 0.1) is 5.82 Å². The predicted octanol–water partition coefficient (Wildman–Crippen LogP) is 3.86. The molecule has 1 amide bonds. The average Bonchev–Trinajstić information content (AvgIpc) is 2.66. The number of hydrogen-bond acceptors (Lipinski definition) is 5. The van der Waals surface area contributed by atoms with Gasteiger partial charge in [0.2, 0.25) is 11.7 Å². The van der Waals surface area contributed by atoms with Gasteiger partial charge in [0, 0.05) is 33.1 Å². The molecule has 0 fully saturated rings. The Labute approximate surface area is 171 Å². The van der Waals surface area contributed by atoms with Crippen LogP contribution in [0.5, 0.6) is 0 Å². The Bertz CT molecular complexity index is 869. The smallest absolute Gasteiger partial charge is 0.218 e. The molecule has 0 aliphatic heterocycles. The van der Waals surface area contributed by atoms with Gasteiger partial charge in [-0.2, -0.15) is 0 Å². The maximum Gasteiger partial charge on any atom is 0.218 e. The number of benzene rings is 1. The fourth-order valence-corrected chi connectivity index (χ4v) is 3.19. The van der Waals surface area contributed by atoms with Gasteiger partial charge in [-0.25, -0.2) is 9.37 Å². The number of nitrogens with two attached hydrogens (primary N) is 1. The highest BCUT2D eigenvalue weighted by Crippen LogP contribution is 2.29. The average molecular weight is 411 g/mol. The third-order valence-corrected chi connectivity index (χ3v) is 4.74. The van der Waals surface area contributed by atoms with Crippen LogP contribution in [-0.2, 0) is 11.2 Å². The Morgan fingerprint density at radius 2 is 2.00 bits per heavy atom. The number of halogens is 2. The molecule has 154 valence electrons. The summed E-state index contributed by atoms with van der Waals surface area (Å²) in [6.07, 6.45) is 4.16. The summed E-state index contributed by atoms with van der Waals surface area (Å²) < 4.78 is 15.3. The van der Waals surface area contributed by atoms with Crippen molar-refractivity contribution >= 4 is 23.3 Å². The number of aryl methyl sites for hydroxylation is 1. The van der Waals surface area contributed by atoms with E-state index in [0.29, 0.717) is 18.4 Å². The van der Waals surface area contributed by atoms with Gasteiger partial charge in [0.15, 0.2) is 0 Å². The molecular formula is C20H28ClFN4O2. The molecule has 0 aliphatic carbocycles. The minimum Gasteiger partial charge on any atom is -0.370 e. The van der Waals surface area contributed by atoms with Crippen molar-refractivity contribution < 1.29 is 16.8 Å². The van der Waals surface area contributed by atoms with E-state index in [-0.39, 0.29) is 31.6 Å². The third kappa shape index (κ3) is 5.11. The second-order valence-electron chi connectivity index (χ2n) is 6.60. The number of nitrogens with one attached hydrogen (secondary N) is 1. The normalized spacial score (nSPS) is 13.2. The largest absolute Gasteiger partial charge is 0.370 e. The summed E-state index contributed by atoms with van der Waals surface area (Å²) in [6.45, 7) is 5.58. The summed E-state index contributed by atoms with van der Waals surface area (Å²) in [5.74, 6) is -1.78. The topological polar surface area (TPSA) is 98.0 Å². The molecule has 0 unspecified atom stereocenters. The first-order chi connectivity index (χ1) is 13.3. The van der Waals surface area contributed by atoms with E-state index in [1.807, 2.05) is 13.8 Å². The quantitative estimate of drug-likeness (QED) is 0.611. The summed E-state index contributed by atoms with van der Waals surface area (Å²) in [4.78, 5) is 32.1. The van der Waals surface area contributed by atoms with Crippen LogP contribution in [0.1, 0.15) is 69.8 Å². The SMILES string of the molecule is CCc1cnc(C(=O)c2c(Cl)ccc([C@@H](CC)N[C@@H](C)CC(N)=O)c2F)cn1.[HH].[HH]. The molecule has 0 spiro atoms. The highest BCUT2D eigenvalue weighted by atomic mass is 35.5. The molecular weight excluding hydrogens is 383 g/mol. The lowest BCUT2D eigenvalue weighted by molar-refractivity contribution is -0.118. The highest BCUT2D eigenvalue weighted by molar-refractivity contribution is 6.34. The molecule has 2 atom stereocenters. The molecule has 0 aliphatic rings. The lowest BCUT2D eigenvalue weighted by Crippen LogP contribution is -2.34. The van der Waals surface area contributed by atoms with E-state index < -0.39 is 23.5 Å². The van der Waals surface area contributed by atoms with Gasteiger partial charge < -0.3 is 11.1 Å². The molecule has 1 heterocycles. The fourth-order valence-electron chi connectivity index (χ4n) is 2.96. The van der Waals surface area contributed by atoms with Crippen LogP contribution >= 0.6 is 11.6 Å². The zero-order chi connectivity index (χ0) is 20.8. The van der Waals surface area contributed by atoms with Crippen molar-refractivity contribution in [2.45, 2.75) is 52.1 Å². The molecule has 0 bridgehead atoms. The number of carbonyl (C=O) groups is 2. The van der Waals surface area contributed by atoms with Crippen molar-refractivity contribution in [1.29, 1.82) is 0 Å². The molecule has 1 aromatic heterocycles. The monoisotopic (exact) mass is 410 g/mol. The summed E-state index contributed by atoms with van der Waals surface area (Å²) in [5.41, 5.74) is 6.04. The number of ketones is 1. The minimum absolute atomic E-state index is 0. The van der Waals surface area contributed by atoms with E-state index in [9.17, 15) is 9.59 Å². The maximum absolute atomic E-state index is 15.3. The van der Waals surface area contributed by atoms with Crippen molar-refractivity contribution in [2.75, 3.05) is 0 Å². The van der Waals surface area contributed by atoms with E-state index >= 15 is 4.39 Å². The van der Waals surface area contributed by atoms with Crippen molar-refractivity contribution in [3.8, 4) is 0 Å². The van der Waals surface area contributed by atoms with Crippen molar-refractivity contribution in [1.82, 2.24) is 15.3 Å². The zero-order valence-electron chi connectivity index (χ0n) is 16.1. The molecule has 28 heavy (non-hydrogen) atoms. The molecule has 3 N–H and O–H groups in total. The summed E-state index contributed by atoms with van der Waals surface area (Å²) in [6, 6.07) is 2.37. The lowest BCUT2D eigenvalue weighted by Gasteiger charge is -2.23. The van der Waals surface area contributed by atoms with Crippen LogP contribution in [0.4, 0.5) is 4.39 Å². The minimum atomic E-state index is -0.704. The summed E-state index contributed by atoms with van der Waals surface area (Å²) in [7, 11) is 0. The number of nitrogens with zero attached hydrogens (tertiary/aromatic N) is 2. The first-order valence-corrected chi connectivity index (χ1v) is 9.54. The van der Waals surface area contributed by atoms with E-state index in [0.717, 1.165) is 5.69 Å². The standard InChI is InChI=1S/C20H24ClFN4O2.2H2/c1-4-12-9-25-16(10-24-12)20(28)18-14(21)7-6-13(19(18)22)15(5-2)26-11(3)8-17(23)27;;/h6-7,9-11,15,26H,4-5,8H2,1-3H3,(H2,23,27);2*1H/t11-,15+;;/m0../s1. The second kappa shape index (κ2) is 9.71. The van der Waals surface area contributed by atoms with Crippen LogP contribution in [0.15, 0.2) is 24.5 Å². The van der Waals surface area contributed by atoms with Gasteiger partial charge >= 0.3 is 0 Å². The van der Waals surface area contributed by atoms with Crippen molar-refractivity contribution in [3.63, 3.8) is 0 Å². The fraction of sp³-hybridized carbons (Fsp3) is 0.400. The Hall–Kier alpha value is -2.38. The first-order valence-electron chi connectivity index (χ1n) is 9.16. The number of primary amides is 1. The summed E-state index contributed by atoms with van der Waals surface area (Å²) >= 11 is 6.14. The zero-order valence-corrected chi connectivity index (χ0v) is 16.9. The second-order valence-corrected chi connectivity index (χ2v) is 7.01. The number of amides is 1. The van der Waals surface area contributed by atoms with Gasteiger partial charge in [-0.15, -0.1) is 0 Å². The van der Waals surface area contributed by atoms with Gasteiger partial charge in [0.05, 0.1) is 22.5 Å². The van der Waals surface area contributed by atoms with Gasteiger partial charge in [-0.05, 0) is 25.8 Å². The first kappa shape index (κ1) is 21.9. The van der Waals surface area contributed by atoms with Gasteiger partial charge in [-0.3, -0.25) is 14.6 Å². The molecule has 2 rings (SSSR count). The van der Waals surface area contributed by atoms with Gasteiger partial charge in [-0.1, -0.05) is 31.5 Å². The van der Waals surface area contributed by atoms with Crippen LogP contribution in [0.2, 0.25) is 5.02 Å². The summed E-state index contributed by atoms with van der Waals surface area (Å²) in [5, 5.41) is 3.18. The van der Waals surface area contributed by atoms with Crippen LogP contribution < -0.4 is 11.1 Å². The Kier molecular flexibility index (Phi) is 7.60. The molecule has 0 saturated heterocycles. The molecule has 2 aromatic rings. The molecule has 0 radical (unpaired) electrons. The Morgan fingerprint density at radius 1 is 1.29 bits per heavy atom. The van der Waals surface area contributed by atoms with Crippen molar-refractivity contribution in [3.05, 3.63) is 57.9 Å². The van der Waals surface area contributed by atoms with E-state index in [4.69, 9.17) is 17.3 Å². The van der Waals surface area contributed by atoms with Crippen LogP contribution in [-0.4, -0.2) is 27.7 Å². The van der Waals surface area contributed by atoms with Gasteiger partial charge in [0.1, 0.15) is 11.5 Å². The highest BCUT2D eigenvalue weighted by Gasteiger charge is 2.25. The maximum atomic E-state index is 15.3. The third-order valence-electron chi connectivity index (χ3n) is 4.42. The van der Waals surface area contributed by atoms with Crippen LogP contribution in [0.25, 0.3) is 0 Å². The van der Waals surface area contributed by atoms with Crippen LogP contribution in [0.3, 0.4) is 0 Å².